The summed E-state index contributed by atoms with van der Waals surface area (Å²) < 4.78 is 13.1. The standard InChI is InChI=1S/C23H27N5O4/c1-23(2,3)32-22(30)28-14-19(15-28)31-18-6-4-17(5-7-18)26-21(29)25-13-16-8-10-27-11-9-24-20(27)12-16/h4-12,19H,13-15H2,1-3H3,(H2,25,26,29). The van der Waals surface area contributed by atoms with Crippen molar-refractivity contribution in [2.24, 2.45) is 0 Å². The van der Waals surface area contributed by atoms with Crippen LogP contribution in [0.5, 0.6) is 5.75 Å². The molecule has 2 aromatic heterocycles. The highest BCUT2D eigenvalue weighted by Gasteiger charge is 2.35. The van der Waals surface area contributed by atoms with Gasteiger partial charge in [-0.2, -0.15) is 0 Å². The largest absolute Gasteiger partial charge is 0.487 e. The number of hydrogen-bond donors (Lipinski definition) is 2. The van der Waals surface area contributed by atoms with E-state index in [1.54, 1.807) is 35.4 Å². The monoisotopic (exact) mass is 437 g/mol. The Labute approximate surface area is 186 Å². The number of carbonyl (C=O) groups excluding carboxylic acids is 2. The number of nitrogens with zero attached hydrogens (tertiary/aromatic N) is 3. The van der Waals surface area contributed by atoms with E-state index in [0.29, 0.717) is 31.1 Å². The number of fused-ring (bicyclic) bond motifs is 1. The third-order valence-electron chi connectivity index (χ3n) is 4.83. The molecule has 0 bridgehead atoms. The average molecular weight is 438 g/mol. The summed E-state index contributed by atoms with van der Waals surface area (Å²) >= 11 is 0. The van der Waals surface area contributed by atoms with E-state index in [1.165, 1.54) is 0 Å². The number of amides is 3. The van der Waals surface area contributed by atoms with E-state index < -0.39 is 5.60 Å². The van der Waals surface area contributed by atoms with Crippen molar-refractivity contribution in [2.45, 2.75) is 39.0 Å². The molecule has 3 aromatic rings. The van der Waals surface area contributed by atoms with Crippen molar-refractivity contribution in [3.8, 4) is 5.75 Å². The number of aromatic nitrogens is 2. The van der Waals surface area contributed by atoms with Gasteiger partial charge < -0.3 is 29.4 Å². The minimum atomic E-state index is -0.508. The molecule has 0 spiro atoms. The Bertz CT molecular complexity index is 1100. The van der Waals surface area contributed by atoms with Crippen LogP contribution in [-0.4, -0.2) is 51.2 Å². The first kappa shape index (κ1) is 21.5. The highest BCUT2D eigenvalue weighted by atomic mass is 16.6. The maximum absolute atomic E-state index is 12.2. The lowest BCUT2D eigenvalue weighted by Crippen LogP contribution is -2.57. The van der Waals surface area contributed by atoms with E-state index in [1.807, 2.05) is 49.7 Å². The van der Waals surface area contributed by atoms with Gasteiger partial charge >= 0.3 is 12.1 Å². The number of carbonyl (C=O) groups is 2. The molecule has 1 aliphatic rings. The van der Waals surface area contributed by atoms with Crippen molar-refractivity contribution >= 4 is 23.5 Å². The molecular formula is C23H27N5O4. The molecule has 1 saturated heterocycles. The second kappa shape index (κ2) is 8.78. The second-order valence-corrected chi connectivity index (χ2v) is 8.68. The molecule has 3 heterocycles. The molecule has 0 atom stereocenters. The predicted molar refractivity (Wildman–Crippen MR) is 120 cm³/mol. The Morgan fingerprint density at radius 1 is 1.12 bits per heavy atom. The third kappa shape index (κ3) is 5.48. The Morgan fingerprint density at radius 2 is 1.88 bits per heavy atom. The molecule has 1 aliphatic heterocycles. The van der Waals surface area contributed by atoms with Gasteiger partial charge in [0.25, 0.3) is 0 Å². The molecule has 9 heteroatoms. The lowest BCUT2D eigenvalue weighted by molar-refractivity contribution is -0.0221. The molecule has 168 valence electrons. The summed E-state index contributed by atoms with van der Waals surface area (Å²) in [5.41, 5.74) is 1.94. The molecule has 1 aromatic carbocycles. The summed E-state index contributed by atoms with van der Waals surface area (Å²) in [7, 11) is 0. The van der Waals surface area contributed by atoms with Gasteiger partial charge in [0.2, 0.25) is 0 Å². The maximum Gasteiger partial charge on any atom is 0.410 e. The lowest BCUT2D eigenvalue weighted by atomic mass is 10.1. The Hall–Kier alpha value is -3.75. The van der Waals surface area contributed by atoms with Crippen molar-refractivity contribution in [1.82, 2.24) is 19.6 Å². The molecule has 2 N–H and O–H groups in total. The topological polar surface area (TPSA) is 97.2 Å². The van der Waals surface area contributed by atoms with Crippen LogP contribution in [0.1, 0.15) is 26.3 Å². The summed E-state index contributed by atoms with van der Waals surface area (Å²) in [4.78, 5) is 30.0. The lowest BCUT2D eigenvalue weighted by Gasteiger charge is -2.39. The molecule has 0 unspecified atom stereocenters. The zero-order valence-corrected chi connectivity index (χ0v) is 18.4. The fraction of sp³-hybridized carbons (Fsp3) is 0.348. The fourth-order valence-corrected chi connectivity index (χ4v) is 3.22. The number of nitrogens with one attached hydrogen (secondary N) is 2. The summed E-state index contributed by atoms with van der Waals surface area (Å²) in [5, 5.41) is 5.63. The predicted octanol–water partition coefficient (Wildman–Crippen LogP) is 3.65. The van der Waals surface area contributed by atoms with Crippen molar-refractivity contribution in [1.29, 1.82) is 0 Å². The molecular weight excluding hydrogens is 410 g/mol. The van der Waals surface area contributed by atoms with Gasteiger partial charge in [0.05, 0.1) is 13.1 Å². The number of anilines is 1. The number of ether oxygens (including phenoxy) is 2. The average Bonchev–Trinajstić information content (AvgIpc) is 3.16. The van der Waals surface area contributed by atoms with E-state index >= 15 is 0 Å². The van der Waals surface area contributed by atoms with E-state index in [-0.39, 0.29) is 18.2 Å². The molecule has 4 rings (SSSR count). The quantitative estimate of drug-likeness (QED) is 0.635. The molecule has 3 amide bonds. The van der Waals surface area contributed by atoms with E-state index in [0.717, 1.165) is 11.2 Å². The highest BCUT2D eigenvalue weighted by Crippen LogP contribution is 2.22. The summed E-state index contributed by atoms with van der Waals surface area (Å²) in [6, 6.07) is 10.7. The SMILES string of the molecule is CC(C)(C)OC(=O)N1CC(Oc2ccc(NC(=O)NCc3ccn4ccnc4c3)cc2)C1. The number of pyridine rings is 1. The number of benzene rings is 1. The number of imidazole rings is 1. The zero-order valence-electron chi connectivity index (χ0n) is 18.4. The summed E-state index contributed by atoms with van der Waals surface area (Å²) in [5.74, 6) is 0.679. The number of urea groups is 1. The number of hydrogen-bond acceptors (Lipinski definition) is 5. The van der Waals surface area contributed by atoms with Crippen molar-refractivity contribution < 1.29 is 19.1 Å². The van der Waals surface area contributed by atoms with Gasteiger partial charge in [-0.05, 0) is 62.7 Å². The van der Waals surface area contributed by atoms with Crippen LogP contribution in [-0.2, 0) is 11.3 Å². The maximum atomic E-state index is 12.2. The molecule has 32 heavy (non-hydrogen) atoms. The van der Waals surface area contributed by atoms with Crippen LogP contribution in [0.25, 0.3) is 5.65 Å². The van der Waals surface area contributed by atoms with Crippen LogP contribution in [0.2, 0.25) is 0 Å². The minimum Gasteiger partial charge on any atom is -0.487 e. The minimum absolute atomic E-state index is 0.0722. The van der Waals surface area contributed by atoms with E-state index in [4.69, 9.17) is 9.47 Å². The van der Waals surface area contributed by atoms with Crippen LogP contribution >= 0.6 is 0 Å². The van der Waals surface area contributed by atoms with Crippen molar-refractivity contribution in [3.05, 3.63) is 60.6 Å². The highest BCUT2D eigenvalue weighted by molar-refractivity contribution is 5.89. The molecule has 1 fully saturated rings. The van der Waals surface area contributed by atoms with Gasteiger partial charge in [-0.3, -0.25) is 0 Å². The third-order valence-corrected chi connectivity index (χ3v) is 4.83. The van der Waals surface area contributed by atoms with Gasteiger partial charge in [0.1, 0.15) is 23.1 Å². The second-order valence-electron chi connectivity index (χ2n) is 8.68. The number of likely N-dealkylation sites (tertiary alicyclic amines) is 1. The molecule has 0 aliphatic carbocycles. The van der Waals surface area contributed by atoms with Gasteiger partial charge in [0.15, 0.2) is 0 Å². The van der Waals surface area contributed by atoms with Crippen LogP contribution in [0.4, 0.5) is 15.3 Å². The Kier molecular flexibility index (Phi) is 5.89. The van der Waals surface area contributed by atoms with Crippen LogP contribution < -0.4 is 15.4 Å². The van der Waals surface area contributed by atoms with Gasteiger partial charge in [-0.15, -0.1) is 0 Å². The van der Waals surface area contributed by atoms with Crippen molar-refractivity contribution in [3.63, 3.8) is 0 Å². The van der Waals surface area contributed by atoms with Gasteiger partial charge in [-0.1, -0.05) is 0 Å². The summed E-state index contributed by atoms with van der Waals surface area (Å²) in [6.07, 6.45) is 5.11. The Balaban J connectivity index is 1.20. The summed E-state index contributed by atoms with van der Waals surface area (Å²) in [6.45, 7) is 6.90. The fourth-order valence-electron chi connectivity index (χ4n) is 3.22. The molecule has 9 nitrogen and oxygen atoms in total. The van der Waals surface area contributed by atoms with E-state index in [2.05, 4.69) is 15.6 Å². The van der Waals surface area contributed by atoms with Gasteiger partial charge in [0, 0.05) is 30.8 Å². The first-order valence-corrected chi connectivity index (χ1v) is 10.5. The normalized spacial score (nSPS) is 14.0. The van der Waals surface area contributed by atoms with Crippen LogP contribution in [0.15, 0.2) is 55.0 Å². The van der Waals surface area contributed by atoms with Crippen molar-refractivity contribution in [2.75, 3.05) is 18.4 Å². The van der Waals surface area contributed by atoms with Crippen LogP contribution in [0.3, 0.4) is 0 Å². The number of rotatable bonds is 5. The molecule has 0 saturated carbocycles. The Morgan fingerprint density at radius 3 is 2.59 bits per heavy atom. The first-order valence-electron chi connectivity index (χ1n) is 10.5. The first-order chi connectivity index (χ1) is 15.2. The zero-order chi connectivity index (χ0) is 22.7. The molecule has 0 radical (unpaired) electrons. The van der Waals surface area contributed by atoms with Gasteiger partial charge in [-0.25, -0.2) is 14.6 Å². The van der Waals surface area contributed by atoms with Crippen LogP contribution in [0, 0.1) is 0 Å². The smallest absolute Gasteiger partial charge is 0.410 e. The van der Waals surface area contributed by atoms with E-state index in [9.17, 15) is 9.59 Å².